The van der Waals surface area contributed by atoms with Gasteiger partial charge in [-0.05, 0) is 56.8 Å². The smallest absolute Gasteiger partial charge is 0.243 e. The van der Waals surface area contributed by atoms with Crippen molar-refractivity contribution in [3.8, 4) is 0 Å². The first-order valence-electron chi connectivity index (χ1n) is 16.6. The molecule has 2 aromatic carbocycles. The maximum atomic E-state index is 13.9. The van der Waals surface area contributed by atoms with E-state index < -0.39 is 48.0 Å². The number of unbranched alkanes of at least 4 members (excludes halogenated alkanes) is 1. The summed E-state index contributed by atoms with van der Waals surface area (Å²) in [6.07, 6.45) is 3.12. The molecular weight excluding hydrogens is 624 g/mol. The van der Waals surface area contributed by atoms with E-state index in [9.17, 15) is 29.1 Å². The van der Waals surface area contributed by atoms with Crippen LogP contribution in [0.1, 0.15) is 77.8 Å². The van der Waals surface area contributed by atoms with E-state index in [0.29, 0.717) is 32.2 Å². The highest BCUT2D eigenvalue weighted by atomic mass is 16.3. The van der Waals surface area contributed by atoms with Crippen LogP contribution in [0.3, 0.4) is 0 Å². The molecule has 0 bridgehead atoms. The van der Waals surface area contributed by atoms with Gasteiger partial charge in [0.1, 0.15) is 11.8 Å². The number of aromatic nitrogens is 1. The van der Waals surface area contributed by atoms with Crippen LogP contribution in [0, 0.1) is 0 Å². The van der Waals surface area contributed by atoms with Crippen LogP contribution in [0.5, 0.6) is 0 Å². The summed E-state index contributed by atoms with van der Waals surface area (Å²) >= 11 is 0. The minimum atomic E-state index is -0.991. The number of aliphatic hydroxyl groups excluding tert-OH is 1. The van der Waals surface area contributed by atoms with Crippen LogP contribution in [0.2, 0.25) is 0 Å². The summed E-state index contributed by atoms with van der Waals surface area (Å²) < 4.78 is 0. The summed E-state index contributed by atoms with van der Waals surface area (Å²) in [6.45, 7) is 4.74. The first kappa shape index (κ1) is 40.6. The molecule has 4 amide bonds. The summed E-state index contributed by atoms with van der Waals surface area (Å²) in [5, 5.41) is 22.5. The number of carbonyl (C=O) groups excluding carboxylic acids is 5. The van der Waals surface area contributed by atoms with Gasteiger partial charge in [0.05, 0.1) is 12.1 Å². The number of amides is 4. The monoisotopic (exact) mass is 678 g/mol. The summed E-state index contributed by atoms with van der Waals surface area (Å²) in [7, 11) is 0. The second-order valence-electron chi connectivity index (χ2n) is 12.5. The average Bonchev–Trinajstić information content (AvgIpc) is 3.43. The molecule has 12 heteroatoms. The number of aromatic amines is 1. The minimum Gasteiger partial charge on any atom is -0.391 e. The lowest BCUT2D eigenvalue weighted by atomic mass is 10.00. The lowest BCUT2D eigenvalue weighted by molar-refractivity contribution is -0.130. The first-order chi connectivity index (χ1) is 22.9. The lowest BCUT2D eigenvalue weighted by Gasteiger charge is -2.26. The largest absolute Gasteiger partial charge is 0.391 e. The van der Waals surface area contributed by atoms with Crippen molar-refractivity contribution in [1.29, 1.82) is 0 Å². The Morgan fingerprint density at radius 3 is 2.10 bits per heavy atom. The molecule has 12 nitrogen and oxygen atoms in total. The fraction of sp³-hybridized carbons (Fsp3) is 0.486. The highest BCUT2D eigenvalue weighted by Gasteiger charge is 2.28. The molecule has 0 aliphatic rings. The van der Waals surface area contributed by atoms with Gasteiger partial charge in [-0.3, -0.25) is 24.0 Å². The Morgan fingerprint density at radius 1 is 0.796 bits per heavy atom. The number of carbonyl (C=O) groups is 5. The van der Waals surface area contributed by atoms with Crippen molar-refractivity contribution in [2.45, 2.75) is 110 Å². The topological polar surface area (TPSA) is 196 Å². The summed E-state index contributed by atoms with van der Waals surface area (Å²) in [5.74, 6) is -1.73. The molecule has 1 aromatic heterocycles. The van der Waals surface area contributed by atoms with Crippen LogP contribution in [0.4, 0.5) is 0 Å². The number of benzene rings is 2. The van der Waals surface area contributed by atoms with E-state index >= 15 is 0 Å². The van der Waals surface area contributed by atoms with Crippen molar-refractivity contribution in [1.82, 2.24) is 26.3 Å². The summed E-state index contributed by atoms with van der Waals surface area (Å²) in [6, 6.07) is 14.3. The van der Waals surface area contributed by atoms with Gasteiger partial charge in [-0.1, -0.05) is 62.4 Å². The molecule has 0 radical (unpaired) electrons. The average molecular weight is 679 g/mol. The molecule has 0 spiro atoms. The maximum absolute atomic E-state index is 13.9. The minimum absolute atomic E-state index is 0. The second-order valence-corrected chi connectivity index (χ2v) is 12.5. The molecule has 268 valence electrons. The number of rotatable bonds is 20. The van der Waals surface area contributed by atoms with E-state index in [1.54, 1.807) is 0 Å². The third kappa shape index (κ3) is 14.2. The van der Waals surface area contributed by atoms with Crippen LogP contribution < -0.4 is 27.0 Å². The molecule has 0 unspecified atom stereocenters. The van der Waals surface area contributed by atoms with Gasteiger partial charge in [0.2, 0.25) is 23.6 Å². The number of hydrogen-bond acceptors (Lipinski definition) is 7. The number of hydrogen-bond donors (Lipinski definition) is 7. The third-order valence-corrected chi connectivity index (χ3v) is 8.14. The Morgan fingerprint density at radius 2 is 1.45 bits per heavy atom. The SMILES string of the molecule is C.CC(=O)C[C@@H](NC(=O)C[C@H](CCCCN)NC(=O)[C@@H](Cc1c[nH]c2ccccc12)NC(=O)C[C@H](Cc1ccccc1)NC(C)=O)[C@@H](C)O. The van der Waals surface area contributed by atoms with E-state index in [2.05, 4.69) is 26.3 Å². The molecule has 3 rings (SSSR count). The highest BCUT2D eigenvalue weighted by Crippen LogP contribution is 2.20. The number of Topliss-reactive ketones (excluding diaryl/α,β-unsaturated/α-hetero) is 1. The second kappa shape index (κ2) is 20.7. The number of fused-ring (bicyclic) bond motifs is 1. The van der Waals surface area contributed by atoms with Crippen molar-refractivity contribution in [3.63, 3.8) is 0 Å². The van der Waals surface area contributed by atoms with Crippen LogP contribution in [0.15, 0.2) is 60.8 Å². The zero-order chi connectivity index (χ0) is 35.1. The maximum Gasteiger partial charge on any atom is 0.243 e. The number of nitrogens with two attached hydrogens (primary N) is 1. The zero-order valence-corrected chi connectivity index (χ0v) is 28.1. The number of ketones is 1. The first-order valence-corrected chi connectivity index (χ1v) is 16.6. The van der Waals surface area contributed by atoms with Gasteiger partial charge in [0.15, 0.2) is 0 Å². The predicted octanol–water partition coefficient (Wildman–Crippen LogP) is 2.82. The van der Waals surface area contributed by atoms with E-state index in [4.69, 9.17) is 5.73 Å². The van der Waals surface area contributed by atoms with Crippen LogP contribution >= 0.6 is 0 Å². The molecule has 8 N–H and O–H groups in total. The van der Waals surface area contributed by atoms with Gasteiger partial charge >= 0.3 is 0 Å². The number of H-pyrrole nitrogens is 1. The molecule has 0 fully saturated rings. The molecule has 0 saturated heterocycles. The predicted molar refractivity (Wildman–Crippen MR) is 191 cm³/mol. The van der Waals surface area contributed by atoms with Crippen molar-refractivity contribution in [3.05, 3.63) is 71.9 Å². The Balaban J connectivity index is 0.00000833. The van der Waals surface area contributed by atoms with Crippen LogP contribution in [-0.4, -0.2) is 76.3 Å². The van der Waals surface area contributed by atoms with E-state index in [1.165, 1.54) is 20.8 Å². The Kier molecular flexibility index (Phi) is 17.2. The molecule has 3 aromatic rings. The fourth-order valence-electron chi connectivity index (χ4n) is 5.77. The standard InChI is InChI=1S/C36H50N6O6.CH4/c1-23(43)17-32(24(2)44)41-34(46)20-28(13-9-10-16-37)40-36(48)33(19-27-22-38-31-15-8-7-14-30(27)31)42-35(47)21-29(39-25(3)45)18-26-11-5-4-6-12-26;/h4-8,11-12,14-15,22,24,28-29,32-33,38,44H,9-10,13,16-21,37H2,1-3H3,(H,39,45)(H,40,48)(H,41,46)(H,42,47);1H4/t24-,28+,29+,32-,33-;/m1./s1. The summed E-state index contributed by atoms with van der Waals surface area (Å²) in [4.78, 5) is 67.4. The van der Waals surface area contributed by atoms with Gasteiger partial charge in [0.25, 0.3) is 0 Å². The zero-order valence-electron chi connectivity index (χ0n) is 28.1. The molecule has 0 aliphatic heterocycles. The quantitative estimate of drug-likeness (QED) is 0.0893. The van der Waals surface area contributed by atoms with Crippen molar-refractivity contribution >= 4 is 40.3 Å². The molecular formula is C37H54N6O6. The van der Waals surface area contributed by atoms with E-state index in [-0.39, 0.29) is 44.8 Å². The van der Waals surface area contributed by atoms with Crippen molar-refractivity contribution in [2.24, 2.45) is 5.73 Å². The number of nitrogens with one attached hydrogen (secondary N) is 5. The Bertz CT molecular complexity index is 1510. The third-order valence-electron chi connectivity index (χ3n) is 8.14. The molecule has 49 heavy (non-hydrogen) atoms. The normalized spacial score (nSPS) is 14.0. The van der Waals surface area contributed by atoms with Gasteiger partial charge in [-0.25, -0.2) is 0 Å². The van der Waals surface area contributed by atoms with E-state index in [0.717, 1.165) is 22.0 Å². The molecule has 1 heterocycles. The Labute approximate surface area is 289 Å². The molecule has 0 saturated carbocycles. The van der Waals surface area contributed by atoms with Crippen LogP contribution in [0.25, 0.3) is 10.9 Å². The lowest BCUT2D eigenvalue weighted by Crippen LogP contribution is -2.53. The van der Waals surface area contributed by atoms with Gasteiger partial charge < -0.3 is 37.1 Å². The molecule has 5 atom stereocenters. The van der Waals surface area contributed by atoms with Gasteiger partial charge in [0, 0.05) is 61.8 Å². The Hall–Kier alpha value is -4.55. The summed E-state index contributed by atoms with van der Waals surface area (Å²) in [5.41, 5.74) is 8.38. The van der Waals surface area contributed by atoms with Crippen molar-refractivity contribution < 1.29 is 29.1 Å². The van der Waals surface area contributed by atoms with Crippen molar-refractivity contribution in [2.75, 3.05) is 6.54 Å². The van der Waals surface area contributed by atoms with Gasteiger partial charge in [-0.2, -0.15) is 0 Å². The van der Waals surface area contributed by atoms with Crippen LogP contribution in [-0.2, 0) is 36.8 Å². The number of para-hydroxylation sites is 1. The molecule has 0 aliphatic carbocycles. The number of aliphatic hydroxyl groups is 1. The van der Waals surface area contributed by atoms with E-state index in [1.807, 2.05) is 60.8 Å². The fourth-order valence-corrected chi connectivity index (χ4v) is 5.77. The van der Waals surface area contributed by atoms with Gasteiger partial charge in [-0.15, -0.1) is 0 Å². The highest BCUT2D eigenvalue weighted by molar-refractivity contribution is 5.90.